The largest absolute Gasteiger partial charge is 0.481 e. The van der Waals surface area contributed by atoms with Crippen LogP contribution in [0.15, 0.2) is 0 Å². The topological polar surface area (TPSA) is 168 Å². The summed E-state index contributed by atoms with van der Waals surface area (Å²) in [5.41, 5.74) is 5.22. The fourth-order valence-corrected chi connectivity index (χ4v) is 3.41. The highest BCUT2D eigenvalue weighted by Gasteiger charge is 2.25. The lowest BCUT2D eigenvalue weighted by atomic mass is 10.0. The van der Waals surface area contributed by atoms with E-state index in [0.29, 0.717) is 0 Å². The van der Waals surface area contributed by atoms with Crippen molar-refractivity contribution in [2.24, 2.45) is 11.7 Å². The van der Waals surface area contributed by atoms with Crippen molar-refractivity contribution in [3.05, 3.63) is 0 Å². The molecule has 0 heterocycles. The molecule has 0 bridgehead atoms. The van der Waals surface area contributed by atoms with Gasteiger partial charge >= 0.3 is 5.97 Å². The van der Waals surface area contributed by atoms with Crippen molar-refractivity contribution in [2.75, 3.05) is 13.1 Å². The van der Waals surface area contributed by atoms with Gasteiger partial charge in [0.25, 0.3) is 0 Å². The number of aliphatic carboxylic acids is 1. The molecule has 0 rings (SSSR count). The van der Waals surface area contributed by atoms with E-state index in [0.717, 1.165) is 6.42 Å². The molecule has 4 amide bonds. The quantitative estimate of drug-likeness (QED) is 0.252. The highest BCUT2D eigenvalue weighted by molar-refractivity contribution is 8.01. The Morgan fingerprint density at radius 1 is 1.00 bits per heavy atom. The van der Waals surface area contributed by atoms with Crippen LogP contribution in [0.2, 0.25) is 0 Å². The van der Waals surface area contributed by atoms with Crippen LogP contribution in [-0.2, 0) is 24.0 Å². The maximum absolute atomic E-state index is 12.2. The predicted octanol–water partition coefficient (Wildman–Crippen LogP) is 0.636. The van der Waals surface area contributed by atoms with Gasteiger partial charge in [-0.3, -0.25) is 24.0 Å². The normalized spacial score (nSPS) is 13.1. The van der Waals surface area contributed by atoms with E-state index in [9.17, 15) is 24.0 Å². The maximum Gasteiger partial charge on any atom is 0.305 e. The number of thioether (sulfide) groups is 1. The third kappa shape index (κ3) is 15.2. The fraction of sp³-hybridized carbons (Fsp3) is 0.750. The van der Waals surface area contributed by atoms with Gasteiger partial charge < -0.3 is 26.8 Å². The molecule has 0 fully saturated rings. The van der Waals surface area contributed by atoms with E-state index in [1.807, 2.05) is 27.7 Å². The Hall–Kier alpha value is -2.30. The zero-order valence-electron chi connectivity index (χ0n) is 19.3. The first-order valence-corrected chi connectivity index (χ1v) is 11.4. The van der Waals surface area contributed by atoms with Crippen LogP contribution in [0.5, 0.6) is 0 Å². The zero-order valence-corrected chi connectivity index (χ0v) is 20.1. The Morgan fingerprint density at radius 2 is 1.58 bits per heavy atom. The number of carbonyl (C=O) groups excluding carboxylic acids is 4. The highest BCUT2D eigenvalue weighted by atomic mass is 32.2. The van der Waals surface area contributed by atoms with Gasteiger partial charge in [-0.1, -0.05) is 41.5 Å². The Morgan fingerprint density at radius 3 is 2.03 bits per heavy atom. The molecule has 0 aliphatic carbocycles. The van der Waals surface area contributed by atoms with Crippen molar-refractivity contribution < 1.29 is 29.1 Å². The average molecular weight is 463 g/mol. The number of rotatable bonds is 14. The minimum absolute atomic E-state index is 0.0181. The summed E-state index contributed by atoms with van der Waals surface area (Å²) >= 11 is 1.25. The molecule has 6 N–H and O–H groups in total. The number of hydrogen-bond donors (Lipinski definition) is 5. The SMILES string of the molecule is CC.CCC(C)SC(CC(=O)O)C(=O)NCC(=O)NCCC(=O)NC(C(N)=O)C(C)C. The number of primary amides is 1. The summed E-state index contributed by atoms with van der Waals surface area (Å²) in [6.07, 6.45) is 0.394. The van der Waals surface area contributed by atoms with Crippen molar-refractivity contribution in [3.63, 3.8) is 0 Å². The van der Waals surface area contributed by atoms with Gasteiger partial charge in [-0.25, -0.2) is 0 Å². The first-order valence-electron chi connectivity index (χ1n) is 10.5. The Kier molecular flexibility index (Phi) is 17.3. The second kappa shape index (κ2) is 17.4. The van der Waals surface area contributed by atoms with Crippen molar-refractivity contribution in [3.8, 4) is 0 Å². The van der Waals surface area contributed by atoms with E-state index in [1.165, 1.54) is 11.8 Å². The second-order valence-electron chi connectivity index (χ2n) is 6.95. The van der Waals surface area contributed by atoms with Crippen molar-refractivity contribution >= 4 is 41.4 Å². The van der Waals surface area contributed by atoms with Gasteiger partial charge in [-0.15, -0.1) is 11.8 Å². The first-order chi connectivity index (χ1) is 14.5. The van der Waals surface area contributed by atoms with Crippen molar-refractivity contribution in [1.82, 2.24) is 16.0 Å². The summed E-state index contributed by atoms with van der Waals surface area (Å²) in [6, 6.07) is -0.785. The molecule has 0 spiro atoms. The molecule has 10 nitrogen and oxygen atoms in total. The summed E-state index contributed by atoms with van der Waals surface area (Å²) < 4.78 is 0. The van der Waals surface area contributed by atoms with Crippen LogP contribution in [0, 0.1) is 5.92 Å². The number of carboxylic acid groups (broad SMARTS) is 1. The van der Waals surface area contributed by atoms with Crippen LogP contribution in [-0.4, -0.2) is 64.3 Å². The van der Waals surface area contributed by atoms with Crippen LogP contribution >= 0.6 is 11.8 Å². The molecule has 0 saturated heterocycles. The van der Waals surface area contributed by atoms with Gasteiger partial charge in [-0.05, 0) is 12.3 Å². The summed E-state index contributed by atoms with van der Waals surface area (Å²) in [5.74, 6) is -3.35. The van der Waals surface area contributed by atoms with E-state index in [2.05, 4.69) is 16.0 Å². The summed E-state index contributed by atoms with van der Waals surface area (Å²) in [7, 11) is 0. The average Bonchev–Trinajstić information content (AvgIpc) is 2.70. The minimum Gasteiger partial charge on any atom is -0.481 e. The molecular formula is C20H38N4O6S. The van der Waals surface area contributed by atoms with E-state index in [1.54, 1.807) is 13.8 Å². The molecule has 0 aliphatic heterocycles. The molecule has 11 heteroatoms. The number of nitrogens with one attached hydrogen (secondary N) is 3. The van der Waals surface area contributed by atoms with Crippen molar-refractivity contribution in [1.29, 1.82) is 0 Å². The molecule has 0 radical (unpaired) electrons. The van der Waals surface area contributed by atoms with Gasteiger partial charge in [0.2, 0.25) is 23.6 Å². The van der Waals surface area contributed by atoms with Crippen LogP contribution < -0.4 is 21.7 Å². The summed E-state index contributed by atoms with van der Waals surface area (Å²) in [4.78, 5) is 58.1. The number of carboxylic acids is 1. The molecule has 0 aromatic rings. The predicted molar refractivity (Wildman–Crippen MR) is 121 cm³/mol. The van der Waals surface area contributed by atoms with Crippen molar-refractivity contribution in [2.45, 2.75) is 77.3 Å². The molecule has 3 unspecified atom stereocenters. The van der Waals surface area contributed by atoms with Crippen LogP contribution in [0.1, 0.15) is 60.8 Å². The van der Waals surface area contributed by atoms with E-state index >= 15 is 0 Å². The van der Waals surface area contributed by atoms with Gasteiger partial charge in [0.05, 0.1) is 18.2 Å². The second-order valence-corrected chi connectivity index (χ2v) is 8.60. The molecule has 3 atom stereocenters. The number of hydrogen-bond acceptors (Lipinski definition) is 6. The zero-order chi connectivity index (χ0) is 24.6. The standard InChI is InChI=1S/C18H32N4O6S.C2H6/c1-5-11(4)29-12(8-15(25)26)18(28)21-9-14(24)20-7-6-13(23)22-16(10(2)3)17(19)27;1-2/h10-12,16H,5-9H2,1-4H3,(H2,19,27)(H,20,24)(H,21,28)(H,22,23)(H,25,26);1-2H3. The van der Waals surface area contributed by atoms with Crippen LogP contribution in [0.3, 0.4) is 0 Å². The third-order valence-electron chi connectivity index (χ3n) is 4.01. The smallest absolute Gasteiger partial charge is 0.305 e. The minimum atomic E-state index is -1.09. The maximum atomic E-state index is 12.2. The lowest BCUT2D eigenvalue weighted by Gasteiger charge is -2.19. The molecule has 0 saturated carbocycles. The Labute approximate surface area is 188 Å². The van der Waals surface area contributed by atoms with Crippen LogP contribution in [0.4, 0.5) is 0 Å². The van der Waals surface area contributed by atoms with Crippen LogP contribution in [0.25, 0.3) is 0 Å². The molecular weight excluding hydrogens is 424 g/mol. The fourth-order valence-electron chi connectivity index (χ4n) is 2.21. The Bertz CT molecular complexity index is 600. The number of carbonyl (C=O) groups is 5. The number of amides is 4. The first kappa shape index (κ1) is 30.9. The van der Waals surface area contributed by atoms with Gasteiger partial charge in [0.1, 0.15) is 6.04 Å². The van der Waals surface area contributed by atoms with Gasteiger partial charge in [0.15, 0.2) is 0 Å². The molecule has 180 valence electrons. The van der Waals surface area contributed by atoms with E-state index in [4.69, 9.17) is 10.8 Å². The third-order valence-corrected chi connectivity index (χ3v) is 5.52. The lowest BCUT2D eigenvalue weighted by Crippen LogP contribution is -2.48. The molecule has 0 aliphatic rings. The molecule has 0 aromatic carbocycles. The highest BCUT2D eigenvalue weighted by Crippen LogP contribution is 2.22. The lowest BCUT2D eigenvalue weighted by molar-refractivity contribution is -0.138. The number of nitrogens with two attached hydrogens (primary N) is 1. The Balaban J connectivity index is 0. The monoisotopic (exact) mass is 462 g/mol. The summed E-state index contributed by atoms with van der Waals surface area (Å²) in [6.45, 7) is 11.0. The van der Waals surface area contributed by atoms with E-state index < -0.39 is 40.9 Å². The van der Waals surface area contributed by atoms with Gasteiger partial charge in [0, 0.05) is 18.2 Å². The summed E-state index contributed by atoms with van der Waals surface area (Å²) in [5, 5.41) is 15.7. The molecule has 0 aromatic heterocycles. The van der Waals surface area contributed by atoms with Gasteiger partial charge in [-0.2, -0.15) is 0 Å². The molecule has 31 heavy (non-hydrogen) atoms. The van der Waals surface area contributed by atoms with E-state index in [-0.39, 0.29) is 37.1 Å².